The van der Waals surface area contributed by atoms with E-state index in [0.29, 0.717) is 6.42 Å². The zero-order valence-corrected chi connectivity index (χ0v) is 12.6. The normalized spacial score (nSPS) is 13.6. The molecule has 1 rings (SSSR count). The number of allylic oxidation sites excluding steroid dienone is 2. The van der Waals surface area contributed by atoms with E-state index in [0.717, 1.165) is 0 Å². The number of ether oxygens (including phenoxy) is 1. The van der Waals surface area contributed by atoms with Gasteiger partial charge in [-0.3, -0.25) is 4.79 Å². The van der Waals surface area contributed by atoms with E-state index in [9.17, 15) is 4.79 Å². The zero-order chi connectivity index (χ0) is 13.6. The van der Waals surface area contributed by atoms with Crippen LogP contribution in [0.2, 0.25) is 18.6 Å². The number of hydrogen-bond acceptors (Lipinski definition) is 2. The van der Waals surface area contributed by atoms with Crippen molar-refractivity contribution in [2.24, 2.45) is 0 Å². The van der Waals surface area contributed by atoms with Gasteiger partial charge in [-0.25, -0.2) is 0 Å². The van der Waals surface area contributed by atoms with E-state index >= 15 is 0 Å². The lowest BCUT2D eigenvalue weighted by molar-refractivity contribution is -0.140. The molecule has 0 aliphatic rings. The molecule has 2 nitrogen and oxygen atoms in total. The molecule has 0 spiro atoms. The fourth-order valence-electron chi connectivity index (χ4n) is 2.14. The van der Waals surface area contributed by atoms with Crippen LogP contribution in [0, 0.1) is 0 Å². The van der Waals surface area contributed by atoms with E-state index in [1.165, 1.54) is 12.3 Å². The molecule has 1 unspecified atom stereocenters. The number of rotatable bonds is 5. The van der Waals surface area contributed by atoms with Crippen molar-refractivity contribution in [1.29, 1.82) is 0 Å². The first kappa shape index (κ1) is 14.7. The minimum Gasteiger partial charge on any atom is -0.469 e. The summed E-state index contributed by atoms with van der Waals surface area (Å²) in [5.41, 5.74) is 0.275. The number of carbonyl (C=O) groups excluding carboxylic acids is 1. The Labute approximate surface area is 111 Å². The molecule has 3 heteroatoms. The van der Waals surface area contributed by atoms with Gasteiger partial charge in [0.25, 0.3) is 0 Å². The maximum Gasteiger partial charge on any atom is 0.305 e. The van der Waals surface area contributed by atoms with Crippen molar-refractivity contribution in [2.45, 2.75) is 32.0 Å². The average Bonchev–Trinajstić information content (AvgIpc) is 2.39. The van der Waals surface area contributed by atoms with Gasteiger partial charge < -0.3 is 4.74 Å². The third-order valence-corrected chi connectivity index (χ3v) is 7.56. The lowest BCUT2D eigenvalue weighted by atomic mass is 10.3. The van der Waals surface area contributed by atoms with Crippen molar-refractivity contribution in [2.75, 3.05) is 7.11 Å². The van der Waals surface area contributed by atoms with E-state index in [2.05, 4.69) is 43.4 Å². The largest absolute Gasteiger partial charge is 0.469 e. The van der Waals surface area contributed by atoms with Crippen molar-refractivity contribution >= 4 is 19.2 Å². The maximum absolute atomic E-state index is 11.5. The van der Waals surface area contributed by atoms with Crippen molar-refractivity contribution in [3.63, 3.8) is 0 Å². The molecule has 98 valence electrons. The monoisotopic (exact) mass is 262 g/mol. The molecule has 0 bridgehead atoms. The Kier molecular flexibility index (Phi) is 5.35. The summed E-state index contributed by atoms with van der Waals surface area (Å²) in [4.78, 5) is 11.5. The van der Waals surface area contributed by atoms with E-state index < -0.39 is 8.07 Å². The summed E-state index contributed by atoms with van der Waals surface area (Å²) >= 11 is 0. The quantitative estimate of drug-likeness (QED) is 0.463. The van der Waals surface area contributed by atoms with Gasteiger partial charge in [-0.05, 0) is 12.5 Å². The van der Waals surface area contributed by atoms with E-state index in [4.69, 9.17) is 4.74 Å². The van der Waals surface area contributed by atoms with E-state index in [-0.39, 0.29) is 11.5 Å². The highest BCUT2D eigenvalue weighted by molar-refractivity contribution is 6.91. The van der Waals surface area contributed by atoms with E-state index in [1.54, 1.807) is 0 Å². The highest BCUT2D eigenvalue weighted by Crippen LogP contribution is 2.27. The molecule has 18 heavy (non-hydrogen) atoms. The first-order valence-electron chi connectivity index (χ1n) is 6.27. The summed E-state index contributed by atoms with van der Waals surface area (Å²) in [6, 6.07) is 10.5. The minimum atomic E-state index is -1.70. The van der Waals surface area contributed by atoms with Crippen LogP contribution >= 0.6 is 0 Å². The molecule has 0 saturated carbocycles. The minimum absolute atomic E-state index is 0.130. The van der Waals surface area contributed by atoms with Crippen LogP contribution in [-0.2, 0) is 9.53 Å². The number of hydrogen-bond donors (Lipinski definition) is 0. The van der Waals surface area contributed by atoms with Gasteiger partial charge in [0.2, 0.25) is 0 Å². The van der Waals surface area contributed by atoms with Gasteiger partial charge in [0.1, 0.15) is 0 Å². The summed E-state index contributed by atoms with van der Waals surface area (Å²) in [7, 11) is -0.246. The van der Waals surface area contributed by atoms with Crippen LogP contribution in [0.4, 0.5) is 0 Å². The fraction of sp³-hybridized carbons (Fsp3) is 0.400. The zero-order valence-electron chi connectivity index (χ0n) is 11.6. The third-order valence-electron chi connectivity index (χ3n) is 3.48. The molecule has 1 atom stereocenters. The van der Waals surface area contributed by atoms with Gasteiger partial charge in [-0.15, -0.1) is 0 Å². The molecule has 0 radical (unpaired) electrons. The predicted molar refractivity (Wildman–Crippen MR) is 78.8 cm³/mol. The molecule has 1 aromatic carbocycles. The second-order valence-electron chi connectivity index (χ2n) is 5.00. The molecule has 0 aliphatic carbocycles. The van der Waals surface area contributed by atoms with Gasteiger partial charge in [0.05, 0.1) is 15.2 Å². The second kappa shape index (κ2) is 6.54. The Morgan fingerprint density at radius 1 is 1.33 bits per heavy atom. The third kappa shape index (κ3) is 3.57. The average molecular weight is 262 g/mol. The molecular weight excluding hydrogens is 240 g/mol. The second-order valence-corrected chi connectivity index (χ2v) is 9.76. The Balaban J connectivity index is 3.00. The lowest BCUT2D eigenvalue weighted by Crippen LogP contribution is -2.46. The topological polar surface area (TPSA) is 26.3 Å². The molecule has 0 heterocycles. The molecule has 0 aromatic heterocycles. The first-order valence-corrected chi connectivity index (χ1v) is 9.35. The Morgan fingerprint density at radius 2 is 1.94 bits per heavy atom. The molecule has 0 N–H and O–H groups in total. The summed E-state index contributed by atoms with van der Waals surface area (Å²) in [6.45, 7) is 6.60. The maximum atomic E-state index is 11.5. The SMILES string of the molecule is C/C=C/C(CC(=O)OC)[Si](C)(C)c1ccccc1. The van der Waals surface area contributed by atoms with Crippen LogP contribution < -0.4 is 5.19 Å². The van der Waals surface area contributed by atoms with E-state index in [1.807, 2.05) is 19.1 Å². The predicted octanol–water partition coefficient (Wildman–Crippen LogP) is 3.11. The highest BCUT2D eigenvalue weighted by Gasteiger charge is 2.33. The Morgan fingerprint density at radius 3 is 2.44 bits per heavy atom. The number of esters is 1. The summed E-state index contributed by atoms with van der Waals surface area (Å²) in [5, 5.41) is 1.37. The first-order chi connectivity index (χ1) is 8.52. The summed E-state index contributed by atoms with van der Waals surface area (Å²) in [5.74, 6) is -0.130. The van der Waals surface area contributed by atoms with Crippen molar-refractivity contribution in [3.8, 4) is 0 Å². The number of methoxy groups -OCH3 is 1. The lowest BCUT2D eigenvalue weighted by Gasteiger charge is -2.30. The van der Waals surface area contributed by atoms with Crippen molar-refractivity contribution in [1.82, 2.24) is 0 Å². The fourth-order valence-corrected chi connectivity index (χ4v) is 4.97. The van der Waals surface area contributed by atoms with Crippen LogP contribution in [0.15, 0.2) is 42.5 Å². The van der Waals surface area contributed by atoms with Crippen LogP contribution in [-0.4, -0.2) is 21.2 Å². The summed E-state index contributed by atoms with van der Waals surface area (Å²) < 4.78 is 4.81. The van der Waals surface area contributed by atoms with Crippen LogP contribution in [0.3, 0.4) is 0 Å². The van der Waals surface area contributed by atoms with Gasteiger partial charge in [0.15, 0.2) is 0 Å². The van der Waals surface area contributed by atoms with Crippen LogP contribution in [0.1, 0.15) is 13.3 Å². The van der Waals surface area contributed by atoms with Crippen molar-refractivity contribution < 1.29 is 9.53 Å². The Hall–Kier alpha value is -1.35. The number of carbonyl (C=O) groups is 1. The van der Waals surface area contributed by atoms with Crippen molar-refractivity contribution in [3.05, 3.63) is 42.5 Å². The Bertz CT molecular complexity index is 410. The number of benzene rings is 1. The van der Waals surface area contributed by atoms with Gasteiger partial charge >= 0.3 is 5.97 Å². The van der Waals surface area contributed by atoms with Gasteiger partial charge in [0, 0.05) is 6.42 Å². The van der Waals surface area contributed by atoms with Gasteiger partial charge in [-0.1, -0.05) is 60.8 Å². The standard InChI is InChI=1S/C15H22O2Si/c1-5-9-14(12-15(16)17-2)18(3,4)13-10-7-6-8-11-13/h5-11,14H,12H2,1-4H3/b9-5+. The summed E-state index contributed by atoms with van der Waals surface area (Å²) in [6.07, 6.45) is 4.65. The molecule has 1 aromatic rings. The molecular formula is C15H22O2Si. The smallest absolute Gasteiger partial charge is 0.305 e. The highest BCUT2D eigenvalue weighted by atomic mass is 28.3. The molecule has 0 fully saturated rings. The van der Waals surface area contributed by atoms with Crippen LogP contribution in [0.5, 0.6) is 0 Å². The molecule has 0 aliphatic heterocycles. The molecule has 0 amide bonds. The van der Waals surface area contributed by atoms with Crippen LogP contribution in [0.25, 0.3) is 0 Å². The molecule has 0 saturated heterocycles. The van der Waals surface area contributed by atoms with Gasteiger partial charge in [-0.2, -0.15) is 0 Å².